The summed E-state index contributed by atoms with van der Waals surface area (Å²) in [6.07, 6.45) is 8.38. The second-order valence-corrected chi connectivity index (χ2v) is 1.19. The van der Waals surface area contributed by atoms with Crippen molar-refractivity contribution in [1.29, 1.82) is 0 Å². The van der Waals surface area contributed by atoms with Crippen LogP contribution in [0.3, 0.4) is 0 Å². The summed E-state index contributed by atoms with van der Waals surface area (Å²) in [6, 6.07) is 0. The number of hydrogen-bond donors (Lipinski definition) is 0. The van der Waals surface area contributed by atoms with E-state index in [4.69, 9.17) is 7.85 Å². The Bertz CT molecular complexity index is 75.3. The van der Waals surface area contributed by atoms with Crippen LogP contribution < -0.4 is 0 Å². The normalized spacial score (nSPS) is 8.70. The zero-order valence-corrected chi connectivity index (χ0v) is 7.17. The zero-order chi connectivity index (χ0) is 7.54. The Morgan fingerprint density at radius 1 is 1.20 bits per heavy atom. The molecule has 0 bridgehead atoms. The summed E-state index contributed by atoms with van der Waals surface area (Å²) in [5, 5.41) is 0. The van der Waals surface area contributed by atoms with Gasteiger partial charge in [-0.05, 0) is 6.92 Å². The lowest BCUT2D eigenvalue weighted by molar-refractivity contribution is 1.50. The van der Waals surface area contributed by atoms with E-state index in [0.717, 1.165) is 0 Å². The summed E-state index contributed by atoms with van der Waals surface area (Å²) in [5.41, 5.74) is 0. The van der Waals surface area contributed by atoms with Crippen molar-refractivity contribution >= 4 is 16.3 Å². The van der Waals surface area contributed by atoms with E-state index in [0.29, 0.717) is 6.32 Å². The van der Waals surface area contributed by atoms with Gasteiger partial charge in [0.2, 0.25) is 0 Å². The molecule has 0 rings (SSSR count). The third-order valence-electron chi connectivity index (χ3n) is 0.576. The molecule has 0 aliphatic carbocycles. The van der Waals surface area contributed by atoms with Crippen molar-refractivity contribution in [1.82, 2.24) is 0 Å². The lowest BCUT2D eigenvalue weighted by Crippen LogP contribution is -1.54. The largest absolute Gasteiger partial charge is 0.0931 e. The standard InChI is InChI=1S/C6H9B.C2H6.B/c1-2-3-4-5-6-7;1-2;/h2-5H,6H2,1H3;1-2H3;/b3-2-,5-4-;;. The molecule has 0 amide bonds. The molecule has 53 valence electrons. The molecule has 0 aromatic heterocycles. The fourth-order valence-corrected chi connectivity index (χ4v) is 0.268. The first kappa shape index (κ1) is 16.3. The van der Waals surface area contributed by atoms with Crippen molar-refractivity contribution in [2.24, 2.45) is 0 Å². The smallest absolute Gasteiger partial charge is 0.0708 e. The molecule has 0 atom stereocenters. The topological polar surface area (TPSA) is 0 Å². The highest BCUT2D eigenvalue weighted by molar-refractivity contribution is 6.09. The molecule has 0 aromatic carbocycles. The van der Waals surface area contributed by atoms with E-state index in [1.807, 2.05) is 45.1 Å². The minimum atomic E-state index is 0. The molecule has 0 N–H and O–H groups in total. The lowest BCUT2D eigenvalue weighted by Gasteiger charge is -1.70. The van der Waals surface area contributed by atoms with Gasteiger partial charge in [0.25, 0.3) is 0 Å². The van der Waals surface area contributed by atoms with Gasteiger partial charge in [0.05, 0.1) is 7.85 Å². The molecule has 0 heterocycles. The van der Waals surface area contributed by atoms with Crippen molar-refractivity contribution in [2.45, 2.75) is 27.1 Å². The van der Waals surface area contributed by atoms with E-state index >= 15 is 0 Å². The number of rotatable bonds is 2. The quantitative estimate of drug-likeness (QED) is 0.400. The molecule has 0 saturated carbocycles. The summed E-state index contributed by atoms with van der Waals surface area (Å²) < 4.78 is 0. The van der Waals surface area contributed by atoms with Gasteiger partial charge in [0, 0.05) is 8.41 Å². The van der Waals surface area contributed by atoms with Crippen LogP contribution in [0.4, 0.5) is 0 Å². The average Bonchev–Trinajstić information content (AvgIpc) is 1.94. The van der Waals surface area contributed by atoms with Crippen LogP contribution in [0.25, 0.3) is 0 Å². The maximum absolute atomic E-state index is 5.15. The van der Waals surface area contributed by atoms with Crippen LogP contribution in [0.5, 0.6) is 0 Å². The van der Waals surface area contributed by atoms with Gasteiger partial charge in [-0.3, -0.25) is 0 Å². The highest BCUT2D eigenvalue weighted by atomic mass is 13.6. The van der Waals surface area contributed by atoms with E-state index < -0.39 is 0 Å². The maximum atomic E-state index is 5.15. The summed E-state index contributed by atoms with van der Waals surface area (Å²) in [7, 11) is 5.15. The molecule has 0 saturated heterocycles. The van der Waals surface area contributed by atoms with Gasteiger partial charge in [-0.25, -0.2) is 0 Å². The first-order chi connectivity index (χ1) is 4.41. The van der Waals surface area contributed by atoms with E-state index in [1.54, 1.807) is 0 Å². The molecule has 0 nitrogen and oxygen atoms in total. The molecule has 10 heavy (non-hydrogen) atoms. The van der Waals surface area contributed by atoms with Crippen LogP contribution in [0, 0.1) is 0 Å². The summed E-state index contributed by atoms with van der Waals surface area (Å²) in [5.74, 6) is 0. The van der Waals surface area contributed by atoms with E-state index in [2.05, 4.69) is 0 Å². The van der Waals surface area contributed by atoms with Crippen LogP contribution in [-0.4, -0.2) is 16.3 Å². The highest BCUT2D eigenvalue weighted by Gasteiger charge is 1.58. The minimum absolute atomic E-state index is 0. The Morgan fingerprint density at radius 3 is 2.00 bits per heavy atom. The van der Waals surface area contributed by atoms with E-state index in [-0.39, 0.29) is 8.41 Å². The van der Waals surface area contributed by atoms with Crippen LogP contribution in [0.2, 0.25) is 6.32 Å². The Hall–Kier alpha value is -0.390. The van der Waals surface area contributed by atoms with Crippen molar-refractivity contribution in [3.8, 4) is 0 Å². The van der Waals surface area contributed by atoms with E-state index in [1.165, 1.54) is 0 Å². The molecular weight excluding hydrogens is 118 g/mol. The van der Waals surface area contributed by atoms with Crippen molar-refractivity contribution in [3.05, 3.63) is 24.3 Å². The van der Waals surface area contributed by atoms with Gasteiger partial charge in [0.1, 0.15) is 0 Å². The first-order valence-corrected chi connectivity index (χ1v) is 3.39. The van der Waals surface area contributed by atoms with Gasteiger partial charge < -0.3 is 0 Å². The fourth-order valence-electron chi connectivity index (χ4n) is 0.268. The molecule has 0 aromatic rings. The predicted molar refractivity (Wildman–Crippen MR) is 51.6 cm³/mol. The Kier molecular flexibility index (Phi) is 38.3. The lowest BCUT2D eigenvalue weighted by atomic mass is 10.1. The molecule has 0 unspecified atom stereocenters. The van der Waals surface area contributed by atoms with Gasteiger partial charge >= 0.3 is 0 Å². The second-order valence-electron chi connectivity index (χ2n) is 1.19. The molecule has 0 fully saturated rings. The van der Waals surface area contributed by atoms with E-state index in [9.17, 15) is 0 Å². The molecular formula is C8H15B2. The third-order valence-corrected chi connectivity index (χ3v) is 0.576. The highest BCUT2D eigenvalue weighted by Crippen LogP contribution is 1.77. The third kappa shape index (κ3) is 25.5. The Morgan fingerprint density at radius 2 is 1.70 bits per heavy atom. The van der Waals surface area contributed by atoms with Gasteiger partial charge in [-0.2, -0.15) is 0 Å². The Labute approximate surface area is 68.4 Å². The van der Waals surface area contributed by atoms with Crippen LogP contribution in [0.15, 0.2) is 24.3 Å². The van der Waals surface area contributed by atoms with Crippen molar-refractivity contribution < 1.29 is 0 Å². The molecule has 5 radical (unpaired) electrons. The van der Waals surface area contributed by atoms with Crippen molar-refractivity contribution in [3.63, 3.8) is 0 Å². The van der Waals surface area contributed by atoms with Gasteiger partial charge in [-0.15, -0.1) is 0 Å². The zero-order valence-electron chi connectivity index (χ0n) is 7.17. The number of allylic oxidation sites excluding steroid dienone is 4. The average molecular weight is 133 g/mol. The minimum Gasteiger partial charge on any atom is -0.0931 e. The van der Waals surface area contributed by atoms with Gasteiger partial charge in [-0.1, -0.05) is 44.5 Å². The van der Waals surface area contributed by atoms with Crippen LogP contribution in [-0.2, 0) is 0 Å². The maximum Gasteiger partial charge on any atom is 0.0708 e. The molecule has 0 spiro atoms. The van der Waals surface area contributed by atoms with Crippen molar-refractivity contribution in [2.75, 3.05) is 0 Å². The van der Waals surface area contributed by atoms with Gasteiger partial charge in [0.15, 0.2) is 0 Å². The summed E-state index contributed by atoms with van der Waals surface area (Å²) >= 11 is 0. The number of hydrogen-bond acceptors (Lipinski definition) is 0. The first-order valence-electron chi connectivity index (χ1n) is 3.39. The fraction of sp³-hybridized carbons (Fsp3) is 0.500. The second kappa shape index (κ2) is 23.5. The summed E-state index contributed by atoms with van der Waals surface area (Å²) in [6.45, 7) is 5.97. The van der Waals surface area contributed by atoms with Crippen LogP contribution >= 0.6 is 0 Å². The Balaban J connectivity index is -0.000000149. The molecule has 0 aliphatic rings. The molecule has 0 aliphatic heterocycles. The SMILES string of the molecule is CC.[B].[B]C/C=C\C=C/C. The van der Waals surface area contributed by atoms with Crippen LogP contribution in [0.1, 0.15) is 20.8 Å². The monoisotopic (exact) mass is 133 g/mol. The predicted octanol–water partition coefficient (Wildman–Crippen LogP) is 2.35. The molecule has 2 heteroatoms. The summed E-state index contributed by atoms with van der Waals surface area (Å²) in [4.78, 5) is 0.